The molecule has 1 aliphatic heterocycles. The summed E-state index contributed by atoms with van der Waals surface area (Å²) in [5, 5.41) is 6.80. The van der Waals surface area contributed by atoms with Crippen molar-refractivity contribution in [2.75, 3.05) is 42.9 Å². The molecule has 0 spiro atoms. The Morgan fingerprint density at radius 2 is 1.83 bits per heavy atom. The Bertz CT molecular complexity index is 919. The third-order valence-electron chi connectivity index (χ3n) is 4.77. The first-order valence-corrected chi connectivity index (χ1v) is 11.2. The van der Waals surface area contributed by atoms with Crippen molar-refractivity contribution in [3.8, 4) is 0 Å². The second-order valence-corrected chi connectivity index (χ2v) is 8.76. The highest BCUT2D eigenvalue weighted by Crippen LogP contribution is 2.29. The number of thiocarbonyl (C=S) groups is 1. The number of halogens is 3. The Hall–Kier alpha value is -1.38. The maximum Gasteiger partial charge on any atom is 0.258 e. The van der Waals surface area contributed by atoms with Gasteiger partial charge in [0, 0.05) is 36.3 Å². The summed E-state index contributed by atoms with van der Waals surface area (Å²) in [6.45, 7) is 7.20. The van der Waals surface area contributed by atoms with Crippen LogP contribution in [0.4, 0.5) is 11.4 Å². The molecule has 1 amide bonds. The van der Waals surface area contributed by atoms with Crippen LogP contribution >= 0.6 is 51.3 Å². The fraction of sp³-hybridized carbons (Fsp3) is 0.300. The molecule has 0 bridgehead atoms. The summed E-state index contributed by atoms with van der Waals surface area (Å²) in [7, 11) is 0. The van der Waals surface area contributed by atoms with Gasteiger partial charge in [0.1, 0.15) is 0 Å². The number of nitrogens with one attached hydrogen (secondary N) is 2. The molecule has 154 valence electrons. The van der Waals surface area contributed by atoms with Crippen molar-refractivity contribution >= 4 is 73.7 Å². The van der Waals surface area contributed by atoms with Crippen LogP contribution in [0.3, 0.4) is 0 Å². The highest BCUT2D eigenvalue weighted by molar-refractivity contribution is 9.10. The van der Waals surface area contributed by atoms with Crippen LogP contribution in [0.1, 0.15) is 17.3 Å². The third-order valence-corrected chi connectivity index (χ3v) is 6.10. The normalized spacial score (nSPS) is 14.6. The van der Waals surface area contributed by atoms with E-state index in [1.165, 1.54) is 0 Å². The summed E-state index contributed by atoms with van der Waals surface area (Å²) in [4.78, 5) is 17.1. The average Bonchev–Trinajstić information content (AvgIpc) is 2.70. The van der Waals surface area contributed by atoms with Crippen molar-refractivity contribution in [2.45, 2.75) is 6.92 Å². The number of hydrogen-bond acceptors (Lipinski definition) is 4. The molecule has 5 nitrogen and oxygen atoms in total. The highest BCUT2D eigenvalue weighted by Gasteiger charge is 2.18. The maximum atomic E-state index is 12.4. The Balaban J connectivity index is 1.61. The van der Waals surface area contributed by atoms with Gasteiger partial charge in [-0.3, -0.25) is 10.1 Å². The summed E-state index contributed by atoms with van der Waals surface area (Å²) >= 11 is 21.2. The quantitative estimate of drug-likeness (QED) is 0.559. The maximum absolute atomic E-state index is 12.4. The number of anilines is 2. The third kappa shape index (κ3) is 5.83. The summed E-state index contributed by atoms with van der Waals surface area (Å²) in [6.07, 6.45) is 0. The van der Waals surface area contributed by atoms with Crippen LogP contribution in [0, 0.1) is 0 Å². The van der Waals surface area contributed by atoms with Gasteiger partial charge in [-0.2, -0.15) is 0 Å². The summed E-state index contributed by atoms with van der Waals surface area (Å²) in [5.41, 5.74) is 2.05. The van der Waals surface area contributed by atoms with Crippen LogP contribution in [-0.2, 0) is 0 Å². The second-order valence-electron chi connectivity index (χ2n) is 6.62. The van der Waals surface area contributed by atoms with Gasteiger partial charge < -0.3 is 15.1 Å². The van der Waals surface area contributed by atoms with Gasteiger partial charge in [-0.15, -0.1) is 0 Å². The van der Waals surface area contributed by atoms with Crippen molar-refractivity contribution in [3.63, 3.8) is 0 Å². The second kappa shape index (κ2) is 10.1. The SMILES string of the molecule is CCN1CCN(c2ccc(NC(=S)NC(=O)c3cc(Br)ccc3Cl)cc2Cl)CC1. The van der Waals surface area contributed by atoms with Gasteiger partial charge in [0.2, 0.25) is 0 Å². The molecule has 29 heavy (non-hydrogen) atoms. The molecule has 0 radical (unpaired) electrons. The minimum atomic E-state index is -0.384. The molecule has 1 aliphatic rings. The molecule has 1 heterocycles. The first-order valence-electron chi connectivity index (χ1n) is 9.21. The zero-order valence-corrected chi connectivity index (χ0v) is 19.8. The van der Waals surface area contributed by atoms with Crippen LogP contribution < -0.4 is 15.5 Å². The number of nitrogens with zero attached hydrogens (tertiary/aromatic N) is 2. The molecule has 0 aliphatic carbocycles. The number of piperazine rings is 1. The zero-order chi connectivity index (χ0) is 21.0. The number of rotatable bonds is 4. The molecule has 2 N–H and O–H groups in total. The lowest BCUT2D eigenvalue weighted by Crippen LogP contribution is -2.46. The molecule has 0 aromatic heterocycles. The van der Waals surface area contributed by atoms with E-state index in [2.05, 4.69) is 43.3 Å². The molecule has 0 unspecified atom stereocenters. The fourth-order valence-electron chi connectivity index (χ4n) is 3.15. The van der Waals surface area contributed by atoms with E-state index in [0.29, 0.717) is 21.3 Å². The van der Waals surface area contributed by atoms with Gasteiger partial charge in [-0.1, -0.05) is 46.1 Å². The van der Waals surface area contributed by atoms with E-state index < -0.39 is 0 Å². The number of amides is 1. The highest BCUT2D eigenvalue weighted by atomic mass is 79.9. The van der Waals surface area contributed by atoms with Crippen molar-refractivity contribution in [2.24, 2.45) is 0 Å². The number of likely N-dealkylation sites (N-methyl/N-ethyl adjacent to an activating group) is 1. The number of carbonyl (C=O) groups excluding carboxylic acids is 1. The van der Waals surface area contributed by atoms with E-state index in [9.17, 15) is 4.79 Å². The molecule has 3 rings (SSSR count). The van der Waals surface area contributed by atoms with Gasteiger partial charge in [-0.25, -0.2) is 0 Å². The Kier molecular flexibility index (Phi) is 7.76. The predicted octanol–water partition coefficient (Wildman–Crippen LogP) is 5.02. The molecular formula is C20H21BrCl2N4OS. The summed E-state index contributed by atoms with van der Waals surface area (Å²) < 4.78 is 0.757. The van der Waals surface area contributed by atoms with E-state index in [4.69, 9.17) is 35.4 Å². The molecule has 9 heteroatoms. The van der Waals surface area contributed by atoms with Gasteiger partial charge in [0.25, 0.3) is 5.91 Å². The summed E-state index contributed by atoms with van der Waals surface area (Å²) in [5.74, 6) is -0.384. The van der Waals surface area contributed by atoms with Gasteiger partial charge in [0.15, 0.2) is 5.11 Å². The Labute approximate surface area is 194 Å². The van der Waals surface area contributed by atoms with E-state index in [1.54, 1.807) is 18.2 Å². The Morgan fingerprint density at radius 1 is 1.10 bits per heavy atom. The molecule has 1 saturated heterocycles. The summed E-state index contributed by atoms with van der Waals surface area (Å²) in [6, 6.07) is 10.7. The van der Waals surface area contributed by atoms with E-state index >= 15 is 0 Å². The standard InChI is InChI=1S/C20H21BrCl2N4OS/c1-2-26-7-9-27(10-8-26)18-6-4-14(12-17(18)23)24-20(29)25-19(28)15-11-13(21)3-5-16(15)22/h3-6,11-12H,2,7-10H2,1H3,(H2,24,25,28,29). The van der Waals surface area contributed by atoms with Crippen LogP contribution in [0.2, 0.25) is 10.0 Å². The number of hydrogen-bond donors (Lipinski definition) is 2. The number of carbonyl (C=O) groups is 1. The van der Waals surface area contributed by atoms with E-state index in [0.717, 1.165) is 42.9 Å². The average molecular weight is 516 g/mol. The first-order chi connectivity index (χ1) is 13.9. The molecule has 2 aromatic rings. The monoisotopic (exact) mass is 514 g/mol. The van der Waals surface area contributed by atoms with Gasteiger partial charge in [-0.05, 0) is 55.2 Å². The molecule has 0 saturated carbocycles. The van der Waals surface area contributed by atoms with Crippen LogP contribution in [-0.4, -0.2) is 48.6 Å². The Morgan fingerprint density at radius 3 is 2.48 bits per heavy atom. The molecule has 2 aromatic carbocycles. The topological polar surface area (TPSA) is 47.6 Å². The minimum Gasteiger partial charge on any atom is -0.368 e. The van der Waals surface area contributed by atoms with Crippen LogP contribution in [0.15, 0.2) is 40.9 Å². The lowest BCUT2D eigenvalue weighted by atomic mass is 10.2. The smallest absolute Gasteiger partial charge is 0.258 e. The van der Waals surface area contributed by atoms with Crippen molar-refractivity contribution in [1.82, 2.24) is 10.2 Å². The molecule has 1 fully saturated rings. The van der Waals surface area contributed by atoms with Crippen molar-refractivity contribution in [1.29, 1.82) is 0 Å². The van der Waals surface area contributed by atoms with Crippen molar-refractivity contribution < 1.29 is 4.79 Å². The number of benzene rings is 2. The lowest BCUT2D eigenvalue weighted by Gasteiger charge is -2.36. The first kappa shape index (κ1) is 22.3. The molecular weight excluding hydrogens is 495 g/mol. The van der Waals surface area contributed by atoms with Crippen molar-refractivity contribution in [3.05, 3.63) is 56.5 Å². The van der Waals surface area contributed by atoms with Gasteiger partial charge >= 0.3 is 0 Å². The van der Waals surface area contributed by atoms with Crippen LogP contribution in [0.5, 0.6) is 0 Å². The fourth-order valence-corrected chi connectivity index (χ4v) is 4.23. The zero-order valence-electron chi connectivity index (χ0n) is 15.8. The largest absolute Gasteiger partial charge is 0.368 e. The van der Waals surface area contributed by atoms with E-state index in [-0.39, 0.29) is 11.0 Å². The van der Waals surface area contributed by atoms with E-state index in [1.807, 2.05) is 18.2 Å². The predicted molar refractivity (Wildman–Crippen MR) is 129 cm³/mol. The molecule has 0 atom stereocenters. The van der Waals surface area contributed by atoms with Gasteiger partial charge in [0.05, 0.1) is 21.3 Å². The lowest BCUT2D eigenvalue weighted by molar-refractivity contribution is 0.0978. The minimum absolute atomic E-state index is 0.173. The van der Waals surface area contributed by atoms with Crippen LogP contribution in [0.25, 0.3) is 0 Å².